The van der Waals surface area contributed by atoms with Crippen LogP contribution in [-0.4, -0.2) is 27.7 Å². The zero-order valence-electron chi connectivity index (χ0n) is 9.73. The van der Waals surface area contributed by atoms with E-state index in [1.807, 2.05) is 0 Å². The Morgan fingerprint density at radius 1 is 1.56 bits per heavy atom. The molecule has 0 aliphatic rings. The maximum absolute atomic E-state index is 10.7. The number of hydrogen-bond donors (Lipinski definition) is 1. The predicted octanol–water partition coefficient (Wildman–Crippen LogP) is 1.91. The van der Waals surface area contributed by atoms with Crippen LogP contribution in [0.5, 0.6) is 6.01 Å². The van der Waals surface area contributed by atoms with Gasteiger partial charge < -0.3 is 9.84 Å². The van der Waals surface area contributed by atoms with Gasteiger partial charge in [-0.05, 0) is 19.3 Å². The molecule has 0 aromatic carbocycles. The Kier molecular flexibility index (Phi) is 4.22. The van der Waals surface area contributed by atoms with Gasteiger partial charge in [0, 0.05) is 6.20 Å². The molecule has 16 heavy (non-hydrogen) atoms. The maximum atomic E-state index is 10.7. The lowest BCUT2D eigenvalue weighted by atomic mass is 10.1. The Bertz CT molecular complexity index is 377. The van der Waals surface area contributed by atoms with Crippen LogP contribution in [0.4, 0.5) is 0 Å². The molecule has 88 valence electrons. The first kappa shape index (κ1) is 12.4. The van der Waals surface area contributed by atoms with Crippen LogP contribution in [0.15, 0.2) is 6.20 Å². The van der Waals surface area contributed by atoms with Crippen molar-refractivity contribution in [3.63, 3.8) is 0 Å². The van der Waals surface area contributed by atoms with Crippen LogP contribution in [0, 0.1) is 12.8 Å². The summed E-state index contributed by atoms with van der Waals surface area (Å²) in [5, 5.41) is 8.78. The number of carbonyl (C=O) groups is 1. The van der Waals surface area contributed by atoms with Gasteiger partial charge in [-0.3, -0.25) is 0 Å². The van der Waals surface area contributed by atoms with E-state index in [0.29, 0.717) is 18.2 Å². The highest BCUT2D eigenvalue weighted by Gasteiger charge is 2.10. The van der Waals surface area contributed by atoms with E-state index in [1.54, 1.807) is 6.92 Å². The van der Waals surface area contributed by atoms with Gasteiger partial charge in [0.25, 0.3) is 0 Å². The van der Waals surface area contributed by atoms with Crippen LogP contribution in [0.1, 0.15) is 36.3 Å². The number of aromatic carboxylic acids is 1. The van der Waals surface area contributed by atoms with Crippen molar-refractivity contribution in [3.05, 3.63) is 17.5 Å². The molecular weight excluding hydrogens is 208 g/mol. The Morgan fingerprint density at radius 2 is 2.25 bits per heavy atom. The second-order valence-corrected chi connectivity index (χ2v) is 3.99. The molecule has 0 saturated heterocycles. The first-order chi connectivity index (χ1) is 7.50. The van der Waals surface area contributed by atoms with E-state index in [0.717, 1.165) is 6.42 Å². The Hall–Kier alpha value is -1.65. The van der Waals surface area contributed by atoms with Crippen molar-refractivity contribution in [3.8, 4) is 6.01 Å². The summed E-state index contributed by atoms with van der Waals surface area (Å²) in [4.78, 5) is 18.5. The molecule has 0 atom stereocenters. The van der Waals surface area contributed by atoms with Crippen molar-refractivity contribution in [2.75, 3.05) is 6.61 Å². The van der Waals surface area contributed by atoms with E-state index in [9.17, 15) is 4.79 Å². The van der Waals surface area contributed by atoms with E-state index < -0.39 is 5.97 Å². The minimum atomic E-state index is -1.02. The molecule has 0 spiro atoms. The Balaban J connectivity index is 2.63. The van der Waals surface area contributed by atoms with Crippen molar-refractivity contribution in [1.82, 2.24) is 9.97 Å². The SMILES string of the molecule is Cc1nc(OCCC(C)C)ncc1C(=O)O. The summed E-state index contributed by atoms with van der Waals surface area (Å²) < 4.78 is 5.32. The van der Waals surface area contributed by atoms with E-state index >= 15 is 0 Å². The smallest absolute Gasteiger partial charge is 0.339 e. The van der Waals surface area contributed by atoms with E-state index in [4.69, 9.17) is 9.84 Å². The van der Waals surface area contributed by atoms with Crippen molar-refractivity contribution in [1.29, 1.82) is 0 Å². The number of hydrogen-bond acceptors (Lipinski definition) is 4. The molecule has 0 radical (unpaired) electrons. The molecule has 0 aliphatic carbocycles. The summed E-state index contributed by atoms with van der Waals surface area (Å²) in [5.41, 5.74) is 0.526. The number of rotatable bonds is 5. The lowest BCUT2D eigenvalue weighted by Crippen LogP contribution is -2.08. The minimum absolute atomic E-state index is 0.108. The molecule has 5 nitrogen and oxygen atoms in total. The molecule has 0 unspecified atom stereocenters. The van der Waals surface area contributed by atoms with Crippen LogP contribution >= 0.6 is 0 Å². The van der Waals surface area contributed by atoms with Crippen LogP contribution in [0.25, 0.3) is 0 Å². The summed E-state index contributed by atoms with van der Waals surface area (Å²) in [6, 6.07) is 0.239. The second-order valence-electron chi connectivity index (χ2n) is 3.99. The van der Waals surface area contributed by atoms with Gasteiger partial charge in [0.15, 0.2) is 0 Å². The summed E-state index contributed by atoms with van der Waals surface area (Å²) in [6.07, 6.45) is 2.19. The van der Waals surface area contributed by atoms with Gasteiger partial charge in [0.1, 0.15) is 0 Å². The number of aryl methyl sites for hydroxylation is 1. The van der Waals surface area contributed by atoms with Crippen LogP contribution in [0.3, 0.4) is 0 Å². The van der Waals surface area contributed by atoms with Gasteiger partial charge >= 0.3 is 12.0 Å². The molecule has 1 aromatic heterocycles. The summed E-state index contributed by atoms with van der Waals surface area (Å²) in [6.45, 7) is 6.37. The van der Waals surface area contributed by atoms with Crippen LogP contribution in [-0.2, 0) is 0 Å². The third kappa shape index (κ3) is 3.49. The molecule has 0 bridgehead atoms. The van der Waals surface area contributed by atoms with Crippen molar-refractivity contribution >= 4 is 5.97 Å². The van der Waals surface area contributed by atoms with E-state index in [2.05, 4.69) is 23.8 Å². The number of aromatic nitrogens is 2. The highest BCUT2D eigenvalue weighted by Crippen LogP contribution is 2.09. The zero-order valence-corrected chi connectivity index (χ0v) is 9.73. The Morgan fingerprint density at radius 3 is 2.75 bits per heavy atom. The lowest BCUT2D eigenvalue weighted by molar-refractivity contribution is 0.0695. The molecular formula is C11H16N2O3. The zero-order chi connectivity index (χ0) is 12.1. The Labute approximate surface area is 94.5 Å². The highest BCUT2D eigenvalue weighted by molar-refractivity contribution is 5.88. The monoisotopic (exact) mass is 224 g/mol. The first-order valence-corrected chi connectivity index (χ1v) is 5.20. The van der Waals surface area contributed by atoms with E-state index in [-0.39, 0.29) is 11.6 Å². The van der Waals surface area contributed by atoms with Crippen molar-refractivity contribution in [2.45, 2.75) is 27.2 Å². The average molecular weight is 224 g/mol. The summed E-state index contributed by atoms with van der Waals surface area (Å²) in [5.74, 6) is -0.467. The van der Waals surface area contributed by atoms with Crippen LogP contribution in [0.2, 0.25) is 0 Å². The van der Waals surface area contributed by atoms with Gasteiger partial charge in [0.05, 0.1) is 17.9 Å². The molecule has 1 N–H and O–H groups in total. The quantitative estimate of drug-likeness (QED) is 0.827. The number of ether oxygens (including phenoxy) is 1. The molecule has 0 saturated carbocycles. The molecule has 0 fully saturated rings. The van der Waals surface area contributed by atoms with Gasteiger partial charge in [-0.2, -0.15) is 4.98 Å². The fraction of sp³-hybridized carbons (Fsp3) is 0.545. The lowest BCUT2D eigenvalue weighted by Gasteiger charge is -2.07. The van der Waals surface area contributed by atoms with Gasteiger partial charge in [-0.15, -0.1) is 0 Å². The first-order valence-electron chi connectivity index (χ1n) is 5.20. The van der Waals surface area contributed by atoms with E-state index in [1.165, 1.54) is 6.20 Å². The largest absolute Gasteiger partial charge is 0.478 e. The molecule has 5 heteroatoms. The predicted molar refractivity (Wildman–Crippen MR) is 58.7 cm³/mol. The molecule has 1 aromatic rings. The molecule has 1 rings (SSSR count). The second kappa shape index (κ2) is 5.44. The standard InChI is InChI=1S/C11H16N2O3/c1-7(2)4-5-16-11-12-6-9(10(14)15)8(3)13-11/h6-7H,4-5H2,1-3H3,(H,14,15). The number of carboxylic acids is 1. The van der Waals surface area contributed by atoms with Crippen molar-refractivity contribution < 1.29 is 14.6 Å². The van der Waals surface area contributed by atoms with Crippen LogP contribution < -0.4 is 4.74 Å². The normalized spacial score (nSPS) is 10.5. The molecule has 0 aliphatic heterocycles. The molecule has 0 amide bonds. The summed E-state index contributed by atoms with van der Waals surface area (Å²) in [7, 11) is 0. The molecule has 1 heterocycles. The third-order valence-electron chi connectivity index (χ3n) is 2.11. The van der Waals surface area contributed by atoms with Gasteiger partial charge in [0.2, 0.25) is 0 Å². The van der Waals surface area contributed by atoms with Gasteiger partial charge in [-0.25, -0.2) is 9.78 Å². The minimum Gasteiger partial charge on any atom is -0.478 e. The fourth-order valence-electron chi connectivity index (χ4n) is 1.11. The number of carboxylic acid groups (broad SMARTS) is 1. The summed E-state index contributed by atoms with van der Waals surface area (Å²) >= 11 is 0. The van der Waals surface area contributed by atoms with Gasteiger partial charge in [-0.1, -0.05) is 13.8 Å². The highest BCUT2D eigenvalue weighted by atomic mass is 16.5. The number of nitrogens with zero attached hydrogens (tertiary/aromatic N) is 2. The third-order valence-corrected chi connectivity index (χ3v) is 2.11. The maximum Gasteiger partial charge on any atom is 0.339 e. The fourth-order valence-corrected chi connectivity index (χ4v) is 1.11. The topological polar surface area (TPSA) is 72.3 Å². The van der Waals surface area contributed by atoms with Crippen molar-refractivity contribution in [2.24, 2.45) is 5.92 Å². The average Bonchev–Trinajstić information content (AvgIpc) is 2.16.